The number of hydrogen-bond acceptors (Lipinski definition) is 4. The number of anilines is 1. The highest BCUT2D eigenvalue weighted by Crippen LogP contribution is 2.36. The number of allylic oxidation sites excluding steroid dienone is 2. The maximum Gasteiger partial charge on any atom is 0.168 e. The van der Waals surface area contributed by atoms with Crippen LogP contribution in [0.15, 0.2) is 46.8 Å². The minimum Gasteiger partial charge on any atom is -0.511 e. The minimum atomic E-state index is -0.184. The number of benzene rings is 1. The standard InChI is InChI=1S/C17H22N2O2/c1-12(18-19(4)13-8-6-5-7-9-13)16-14(20)10-17(2,3)11-15(16)21/h5-9,20H,10-11H2,1-4H3/b18-12-. The van der Waals surface area contributed by atoms with E-state index in [2.05, 4.69) is 5.10 Å². The van der Waals surface area contributed by atoms with Crippen molar-refractivity contribution >= 4 is 17.2 Å². The number of Topliss-reactive ketones (excluding diaryl/α,β-unsaturated/α-hetero) is 1. The third kappa shape index (κ3) is 3.51. The molecule has 1 aromatic rings. The summed E-state index contributed by atoms with van der Waals surface area (Å²) in [7, 11) is 1.83. The number of hydrazone groups is 1. The number of carbonyl (C=O) groups excluding carboxylic acids is 1. The SMILES string of the molecule is C/C(=N/N(C)c1ccccc1)C1=C(O)CC(C)(C)CC1=O. The lowest BCUT2D eigenvalue weighted by Gasteiger charge is -2.29. The zero-order chi connectivity index (χ0) is 15.6. The van der Waals surface area contributed by atoms with Gasteiger partial charge in [-0.25, -0.2) is 0 Å². The molecule has 1 aliphatic rings. The average molecular weight is 286 g/mol. The summed E-state index contributed by atoms with van der Waals surface area (Å²) in [6.45, 7) is 5.74. The first-order valence-corrected chi connectivity index (χ1v) is 7.10. The Morgan fingerprint density at radius 2 is 1.86 bits per heavy atom. The molecule has 1 aromatic carbocycles. The number of rotatable bonds is 3. The second-order valence-corrected chi connectivity index (χ2v) is 6.31. The molecule has 112 valence electrons. The molecule has 4 nitrogen and oxygen atoms in total. The molecule has 0 heterocycles. The van der Waals surface area contributed by atoms with Crippen LogP contribution in [0.1, 0.15) is 33.6 Å². The Hall–Kier alpha value is -2.10. The molecule has 21 heavy (non-hydrogen) atoms. The molecule has 0 atom stereocenters. The molecule has 1 aliphatic carbocycles. The molecule has 2 rings (SSSR count). The highest BCUT2D eigenvalue weighted by molar-refractivity contribution is 6.22. The molecule has 0 fully saturated rings. The van der Waals surface area contributed by atoms with Crippen molar-refractivity contribution in [2.45, 2.75) is 33.6 Å². The van der Waals surface area contributed by atoms with E-state index in [-0.39, 0.29) is 17.0 Å². The molecule has 0 saturated heterocycles. The Balaban J connectivity index is 2.29. The monoisotopic (exact) mass is 286 g/mol. The van der Waals surface area contributed by atoms with E-state index < -0.39 is 0 Å². The van der Waals surface area contributed by atoms with Crippen LogP contribution in [-0.2, 0) is 4.79 Å². The highest BCUT2D eigenvalue weighted by Gasteiger charge is 2.34. The van der Waals surface area contributed by atoms with E-state index in [1.54, 1.807) is 11.9 Å². The van der Waals surface area contributed by atoms with Gasteiger partial charge in [0.2, 0.25) is 0 Å². The Morgan fingerprint density at radius 3 is 2.43 bits per heavy atom. The molecule has 1 N–H and O–H groups in total. The maximum absolute atomic E-state index is 12.3. The van der Waals surface area contributed by atoms with Gasteiger partial charge in [0.25, 0.3) is 0 Å². The van der Waals surface area contributed by atoms with E-state index in [1.165, 1.54) is 0 Å². The van der Waals surface area contributed by atoms with E-state index in [0.29, 0.717) is 24.1 Å². The van der Waals surface area contributed by atoms with Crippen LogP contribution in [0.2, 0.25) is 0 Å². The van der Waals surface area contributed by atoms with E-state index in [4.69, 9.17) is 0 Å². The summed E-state index contributed by atoms with van der Waals surface area (Å²) in [4.78, 5) is 12.3. The van der Waals surface area contributed by atoms with Gasteiger partial charge >= 0.3 is 0 Å². The van der Waals surface area contributed by atoms with E-state index >= 15 is 0 Å². The molecule has 0 aromatic heterocycles. The molecule has 0 unspecified atom stereocenters. The molecule has 0 aliphatic heterocycles. The Morgan fingerprint density at radius 1 is 1.24 bits per heavy atom. The van der Waals surface area contributed by atoms with Crippen molar-refractivity contribution in [2.24, 2.45) is 10.5 Å². The predicted octanol–water partition coefficient (Wildman–Crippen LogP) is 3.70. The van der Waals surface area contributed by atoms with Crippen molar-refractivity contribution in [2.75, 3.05) is 12.1 Å². The summed E-state index contributed by atoms with van der Waals surface area (Å²) >= 11 is 0. The molecule has 4 heteroatoms. The zero-order valence-corrected chi connectivity index (χ0v) is 13.1. The lowest BCUT2D eigenvalue weighted by molar-refractivity contribution is -0.117. The number of hydrogen-bond donors (Lipinski definition) is 1. The molecule has 0 saturated carbocycles. The van der Waals surface area contributed by atoms with Crippen LogP contribution >= 0.6 is 0 Å². The van der Waals surface area contributed by atoms with Crippen molar-refractivity contribution in [1.82, 2.24) is 0 Å². The van der Waals surface area contributed by atoms with Gasteiger partial charge in [0, 0.05) is 19.9 Å². The van der Waals surface area contributed by atoms with Crippen molar-refractivity contribution in [1.29, 1.82) is 0 Å². The Labute approximate surface area is 125 Å². The van der Waals surface area contributed by atoms with Gasteiger partial charge in [-0.3, -0.25) is 9.80 Å². The largest absolute Gasteiger partial charge is 0.511 e. The third-order valence-electron chi connectivity index (χ3n) is 3.64. The summed E-state index contributed by atoms with van der Waals surface area (Å²) < 4.78 is 0. The van der Waals surface area contributed by atoms with Crippen molar-refractivity contribution < 1.29 is 9.90 Å². The van der Waals surface area contributed by atoms with Gasteiger partial charge in [-0.15, -0.1) is 0 Å². The number of aliphatic hydroxyl groups excluding tert-OH is 1. The summed E-state index contributed by atoms with van der Waals surface area (Å²) in [5, 5.41) is 16.3. The summed E-state index contributed by atoms with van der Waals surface area (Å²) in [6, 6.07) is 9.69. The third-order valence-corrected chi connectivity index (χ3v) is 3.64. The number of aliphatic hydroxyl groups is 1. The van der Waals surface area contributed by atoms with E-state index in [0.717, 1.165) is 5.69 Å². The molecule has 0 radical (unpaired) electrons. The van der Waals surface area contributed by atoms with Crippen molar-refractivity contribution in [3.8, 4) is 0 Å². The average Bonchev–Trinajstić information content (AvgIpc) is 2.37. The highest BCUT2D eigenvalue weighted by atomic mass is 16.3. The quantitative estimate of drug-likeness (QED) is 0.681. The number of ketones is 1. The fourth-order valence-corrected chi connectivity index (χ4v) is 2.68. The van der Waals surface area contributed by atoms with Crippen LogP contribution in [0.25, 0.3) is 0 Å². The van der Waals surface area contributed by atoms with Gasteiger partial charge in [-0.2, -0.15) is 5.10 Å². The van der Waals surface area contributed by atoms with Gasteiger partial charge in [-0.05, 0) is 24.5 Å². The topological polar surface area (TPSA) is 52.9 Å². The lowest BCUT2D eigenvalue weighted by atomic mass is 9.76. The van der Waals surface area contributed by atoms with Gasteiger partial charge in [0.1, 0.15) is 5.76 Å². The molecular weight excluding hydrogens is 264 g/mol. The van der Waals surface area contributed by atoms with Gasteiger partial charge in [-0.1, -0.05) is 32.0 Å². The molecule has 0 spiro atoms. The Kier molecular flexibility index (Phi) is 4.16. The smallest absolute Gasteiger partial charge is 0.168 e. The lowest BCUT2D eigenvalue weighted by Crippen LogP contribution is -2.29. The van der Waals surface area contributed by atoms with Crippen LogP contribution in [0.4, 0.5) is 5.69 Å². The first kappa shape index (κ1) is 15.3. The maximum atomic E-state index is 12.3. The molecule has 0 bridgehead atoms. The summed E-state index contributed by atoms with van der Waals surface area (Å²) in [6.07, 6.45) is 0.949. The first-order valence-electron chi connectivity index (χ1n) is 7.10. The number of nitrogens with zero attached hydrogens (tertiary/aromatic N) is 2. The Bertz CT molecular complexity index is 600. The first-order chi connectivity index (χ1) is 9.80. The van der Waals surface area contributed by atoms with Crippen molar-refractivity contribution in [3.05, 3.63) is 41.7 Å². The van der Waals surface area contributed by atoms with E-state index in [1.807, 2.05) is 51.2 Å². The van der Waals surface area contributed by atoms with Crippen LogP contribution < -0.4 is 5.01 Å². The predicted molar refractivity (Wildman–Crippen MR) is 85.6 cm³/mol. The van der Waals surface area contributed by atoms with Crippen LogP contribution in [0.5, 0.6) is 0 Å². The van der Waals surface area contributed by atoms with Crippen LogP contribution in [0, 0.1) is 5.41 Å². The van der Waals surface area contributed by atoms with Crippen LogP contribution in [0.3, 0.4) is 0 Å². The number of carbonyl (C=O) groups is 1. The van der Waals surface area contributed by atoms with Crippen molar-refractivity contribution in [3.63, 3.8) is 0 Å². The second-order valence-electron chi connectivity index (χ2n) is 6.31. The van der Waals surface area contributed by atoms with Gasteiger partial charge < -0.3 is 5.11 Å². The fraction of sp³-hybridized carbons (Fsp3) is 0.412. The minimum absolute atomic E-state index is 0.0357. The number of para-hydroxylation sites is 1. The molecule has 0 amide bonds. The second kappa shape index (κ2) is 5.72. The normalized spacial score (nSPS) is 18.9. The zero-order valence-electron chi connectivity index (χ0n) is 13.1. The van der Waals surface area contributed by atoms with Gasteiger partial charge in [0.05, 0.1) is 17.0 Å². The summed E-state index contributed by atoms with van der Waals surface area (Å²) in [5.41, 5.74) is 1.67. The van der Waals surface area contributed by atoms with Gasteiger partial charge in [0.15, 0.2) is 5.78 Å². The summed E-state index contributed by atoms with van der Waals surface area (Å²) in [5.74, 6) is 0.116. The molecular formula is C17H22N2O2. The van der Waals surface area contributed by atoms with Crippen LogP contribution in [-0.4, -0.2) is 23.6 Å². The fourth-order valence-electron chi connectivity index (χ4n) is 2.68. The van der Waals surface area contributed by atoms with E-state index in [9.17, 15) is 9.90 Å².